The molecule has 0 unspecified atom stereocenters. The largest absolute Gasteiger partial charge is 0.478 e. The number of hydrogen-bond acceptors (Lipinski definition) is 2. The second-order valence-corrected chi connectivity index (χ2v) is 4.78. The van der Waals surface area contributed by atoms with Gasteiger partial charge in [-0.05, 0) is 24.6 Å². The van der Waals surface area contributed by atoms with Gasteiger partial charge < -0.3 is 10.0 Å². The number of nitrogens with zero attached hydrogens (tertiary/aromatic N) is 1. The minimum Gasteiger partial charge on any atom is -0.478 e. The average Bonchev–Trinajstić information content (AvgIpc) is 2.40. The molecule has 1 N–H and O–H groups in total. The lowest BCUT2D eigenvalue weighted by Crippen LogP contribution is -2.20. The van der Waals surface area contributed by atoms with Crippen LogP contribution in [0.4, 0.5) is 10.1 Å². The summed E-state index contributed by atoms with van der Waals surface area (Å²) in [5.74, 6) is -1.97. The highest BCUT2D eigenvalue weighted by molar-refractivity contribution is 5.94. The molecule has 0 aliphatic heterocycles. The van der Waals surface area contributed by atoms with Crippen molar-refractivity contribution in [2.24, 2.45) is 0 Å². The molecule has 0 saturated heterocycles. The summed E-state index contributed by atoms with van der Waals surface area (Å²) in [5.41, 5.74) is 2.28. The van der Waals surface area contributed by atoms with Gasteiger partial charge in [0.15, 0.2) is 0 Å². The normalized spacial score (nSPS) is 10.3. The zero-order valence-corrected chi connectivity index (χ0v) is 11.4. The van der Waals surface area contributed by atoms with Crippen LogP contribution in [0.2, 0.25) is 0 Å². The van der Waals surface area contributed by atoms with E-state index >= 15 is 0 Å². The molecule has 0 saturated carbocycles. The summed E-state index contributed by atoms with van der Waals surface area (Å²) < 4.78 is 13.6. The van der Waals surface area contributed by atoms with Crippen LogP contribution in [0.15, 0.2) is 42.5 Å². The fourth-order valence-corrected chi connectivity index (χ4v) is 2.10. The van der Waals surface area contributed by atoms with Crippen LogP contribution in [0.3, 0.4) is 0 Å². The molecular weight excluding hydrogens is 257 g/mol. The quantitative estimate of drug-likeness (QED) is 0.927. The van der Waals surface area contributed by atoms with Gasteiger partial charge in [-0.2, -0.15) is 0 Å². The van der Waals surface area contributed by atoms with E-state index in [9.17, 15) is 9.18 Å². The second-order valence-electron chi connectivity index (χ2n) is 4.78. The molecule has 0 spiro atoms. The Morgan fingerprint density at radius 3 is 2.45 bits per heavy atom. The summed E-state index contributed by atoms with van der Waals surface area (Å²) in [4.78, 5) is 12.9. The van der Waals surface area contributed by atoms with Crippen LogP contribution >= 0.6 is 0 Å². The number of anilines is 1. The molecule has 0 aromatic heterocycles. The maximum Gasteiger partial charge on any atom is 0.340 e. The number of aromatic carboxylic acids is 1. The monoisotopic (exact) mass is 273 g/mol. The van der Waals surface area contributed by atoms with E-state index in [4.69, 9.17) is 5.11 Å². The van der Waals surface area contributed by atoms with E-state index in [0.717, 1.165) is 17.2 Å². The van der Waals surface area contributed by atoms with E-state index in [2.05, 4.69) is 0 Å². The molecule has 20 heavy (non-hydrogen) atoms. The van der Waals surface area contributed by atoms with Gasteiger partial charge in [-0.3, -0.25) is 0 Å². The third kappa shape index (κ3) is 2.96. The van der Waals surface area contributed by atoms with Crippen molar-refractivity contribution in [3.8, 4) is 0 Å². The Morgan fingerprint density at radius 2 is 1.85 bits per heavy atom. The Balaban J connectivity index is 2.29. The van der Waals surface area contributed by atoms with Crippen LogP contribution < -0.4 is 4.90 Å². The molecule has 0 radical (unpaired) electrons. The summed E-state index contributed by atoms with van der Waals surface area (Å²) in [6, 6.07) is 12.2. The highest BCUT2D eigenvalue weighted by atomic mass is 19.1. The lowest BCUT2D eigenvalue weighted by molar-refractivity contribution is 0.0692. The standard InChI is InChI=1S/C16H16FNO2/c1-11-6-8-12(9-7-11)10-18(2)14-5-3-4-13(17)15(14)16(19)20/h3-9H,10H2,1-2H3,(H,19,20). The van der Waals surface area contributed by atoms with Gasteiger partial charge in [0, 0.05) is 13.6 Å². The van der Waals surface area contributed by atoms with E-state index in [1.54, 1.807) is 18.0 Å². The van der Waals surface area contributed by atoms with Crippen LogP contribution in [0.25, 0.3) is 0 Å². The Hall–Kier alpha value is -2.36. The first kappa shape index (κ1) is 14.1. The fourth-order valence-electron chi connectivity index (χ4n) is 2.10. The van der Waals surface area contributed by atoms with Crippen LogP contribution in [0.1, 0.15) is 21.5 Å². The van der Waals surface area contributed by atoms with Gasteiger partial charge in [0.25, 0.3) is 0 Å². The van der Waals surface area contributed by atoms with Gasteiger partial charge in [-0.1, -0.05) is 35.9 Å². The number of carbonyl (C=O) groups is 1. The van der Waals surface area contributed by atoms with Crippen LogP contribution in [-0.4, -0.2) is 18.1 Å². The molecule has 2 rings (SSSR count). The summed E-state index contributed by atoms with van der Waals surface area (Å²) in [6.45, 7) is 2.52. The molecule has 0 heterocycles. The third-order valence-corrected chi connectivity index (χ3v) is 3.16. The molecule has 104 valence electrons. The lowest BCUT2D eigenvalue weighted by Gasteiger charge is -2.21. The van der Waals surface area contributed by atoms with E-state index < -0.39 is 11.8 Å². The molecule has 0 amide bonds. The van der Waals surface area contributed by atoms with Gasteiger partial charge in [0.1, 0.15) is 11.4 Å². The maximum absolute atomic E-state index is 13.6. The molecule has 2 aromatic carbocycles. The number of hydrogen-bond donors (Lipinski definition) is 1. The van der Waals surface area contributed by atoms with Gasteiger partial charge in [0.05, 0.1) is 5.69 Å². The molecule has 0 fully saturated rings. The maximum atomic E-state index is 13.6. The molecule has 3 nitrogen and oxygen atoms in total. The number of carboxylic acids is 1. The summed E-state index contributed by atoms with van der Waals surface area (Å²) >= 11 is 0. The van der Waals surface area contributed by atoms with Gasteiger partial charge in [-0.15, -0.1) is 0 Å². The van der Waals surface area contributed by atoms with Crippen LogP contribution in [0.5, 0.6) is 0 Å². The van der Waals surface area contributed by atoms with E-state index in [0.29, 0.717) is 12.2 Å². The van der Waals surface area contributed by atoms with Crippen molar-refractivity contribution in [1.29, 1.82) is 0 Å². The van der Waals surface area contributed by atoms with Crippen molar-refractivity contribution >= 4 is 11.7 Å². The topological polar surface area (TPSA) is 40.5 Å². The Bertz CT molecular complexity index is 623. The molecule has 4 heteroatoms. The molecule has 0 atom stereocenters. The fraction of sp³-hybridized carbons (Fsp3) is 0.188. The number of benzene rings is 2. The smallest absolute Gasteiger partial charge is 0.340 e. The van der Waals surface area contributed by atoms with Crippen molar-refractivity contribution in [3.63, 3.8) is 0 Å². The van der Waals surface area contributed by atoms with Crippen LogP contribution in [0, 0.1) is 12.7 Å². The SMILES string of the molecule is Cc1ccc(CN(C)c2cccc(F)c2C(=O)O)cc1. The zero-order valence-electron chi connectivity index (χ0n) is 11.4. The Kier molecular flexibility index (Phi) is 4.03. The lowest BCUT2D eigenvalue weighted by atomic mass is 10.1. The summed E-state index contributed by atoms with van der Waals surface area (Å²) in [5, 5.41) is 9.13. The molecular formula is C16H16FNO2. The van der Waals surface area contributed by atoms with E-state index in [1.807, 2.05) is 31.2 Å². The van der Waals surface area contributed by atoms with Crippen molar-refractivity contribution < 1.29 is 14.3 Å². The predicted octanol–water partition coefficient (Wildman–Crippen LogP) is 3.47. The third-order valence-electron chi connectivity index (χ3n) is 3.16. The second kappa shape index (κ2) is 5.74. The van der Waals surface area contributed by atoms with Gasteiger partial charge in [0.2, 0.25) is 0 Å². The molecule has 2 aromatic rings. The minimum atomic E-state index is -1.26. The highest BCUT2D eigenvalue weighted by Gasteiger charge is 2.18. The number of carboxylic acid groups (broad SMARTS) is 1. The first-order valence-electron chi connectivity index (χ1n) is 6.27. The molecule has 0 bridgehead atoms. The van der Waals surface area contributed by atoms with Crippen molar-refractivity contribution in [2.75, 3.05) is 11.9 Å². The van der Waals surface area contributed by atoms with E-state index in [1.165, 1.54) is 6.07 Å². The Labute approximate surface area is 117 Å². The first-order chi connectivity index (χ1) is 9.49. The summed E-state index contributed by atoms with van der Waals surface area (Å²) in [7, 11) is 1.75. The number of aryl methyl sites for hydroxylation is 1. The summed E-state index contributed by atoms with van der Waals surface area (Å²) in [6.07, 6.45) is 0. The number of halogens is 1. The van der Waals surface area contributed by atoms with Crippen molar-refractivity contribution in [1.82, 2.24) is 0 Å². The minimum absolute atomic E-state index is 0.290. The average molecular weight is 273 g/mol. The molecule has 0 aliphatic carbocycles. The van der Waals surface area contributed by atoms with Crippen molar-refractivity contribution in [3.05, 3.63) is 65.0 Å². The van der Waals surface area contributed by atoms with Crippen LogP contribution in [-0.2, 0) is 6.54 Å². The predicted molar refractivity (Wildman–Crippen MR) is 76.6 cm³/mol. The number of rotatable bonds is 4. The zero-order chi connectivity index (χ0) is 14.7. The highest BCUT2D eigenvalue weighted by Crippen LogP contribution is 2.23. The van der Waals surface area contributed by atoms with Crippen molar-refractivity contribution in [2.45, 2.75) is 13.5 Å². The first-order valence-corrected chi connectivity index (χ1v) is 6.27. The van der Waals surface area contributed by atoms with E-state index in [-0.39, 0.29) is 5.56 Å². The van der Waals surface area contributed by atoms with Gasteiger partial charge >= 0.3 is 5.97 Å². The molecule has 0 aliphatic rings. The Morgan fingerprint density at radius 1 is 1.20 bits per heavy atom. The van der Waals surface area contributed by atoms with Gasteiger partial charge in [-0.25, -0.2) is 9.18 Å².